The summed E-state index contributed by atoms with van der Waals surface area (Å²) in [5.41, 5.74) is 0. The molecule has 0 heterocycles. The van der Waals surface area contributed by atoms with Crippen LogP contribution >= 0.6 is 31.9 Å². The Labute approximate surface area is 106 Å². The molecule has 0 saturated heterocycles. The fraction of sp³-hybridized carbons (Fsp3) is 0.833. The molecule has 14 heavy (non-hydrogen) atoms. The van der Waals surface area contributed by atoms with Crippen LogP contribution in [0.4, 0.5) is 0 Å². The summed E-state index contributed by atoms with van der Waals surface area (Å²) in [6, 6.07) is 0. The topological polar surface area (TPSA) is 0 Å². The van der Waals surface area contributed by atoms with Crippen molar-refractivity contribution in [3.63, 3.8) is 0 Å². The Kier molecular flexibility index (Phi) is 9.41. The molecule has 0 aliphatic carbocycles. The fourth-order valence-electron chi connectivity index (χ4n) is 2.08. The van der Waals surface area contributed by atoms with E-state index in [1.807, 2.05) is 0 Å². The Balaban J connectivity index is 4.14. The molecule has 0 aliphatic heterocycles. The Morgan fingerprint density at radius 2 is 1.64 bits per heavy atom. The standard InChI is InChI=1S/C12H22Br2/c1-4-7-10(5-2)11(6-3)8-9-12(13)14/h9-11H,4-8H2,1-3H3. The van der Waals surface area contributed by atoms with E-state index in [1.54, 1.807) is 0 Å². The van der Waals surface area contributed by atoms with Crippen LogP contribution in [0.3, 0.4) is 0 Å². The van der Waals surface area contributed by atoms with Gasteiger partial charge in [-0.05, 0) is 50.1 Å². The minimum absolute atomic E-state index is 0.852. The lowest BCUT2D eigenvalue weighted by Gasteiger charge is -2.23. The van der Waals surface area contributed by atoms with Crippen molar-refractivity contribution in [1.29, 1.82) is 0 Å². The Hall–Kier alpha value is 0.700. The molecule has 0 aliphatic rings. The van der Waals surface area contributed by atoms with Crippen molar-refractivity contribution in [1.82, 2.24) is 0 Å². The molecule has 0 aromatic carbocycles. The quantitative estimate of drug-likeness (QED) is 0.550. The molecule has 84 valence electrons. The largest absolute Gasteiger partial charge is 0.0654 e. The second kappa shape index (κ2) is 8.96. The summed E-state index contributed by atoms with van der Waals surface area (Å²) in [4.78, 5) is 0. The molecular weight excluding hydrogens is 304 g/mol. The van der Waals surface area contributed by atoms with Gasteiger partial charge in [0.2, 0.25) is 0 Å². The maximum absolute atomic E-state index is 3.42. The first-order chi connectivity index (χ1) is 6.65. The van der Waals surface area contributed by atoms with Crippen LogP contribution in [0.2, 0.25) is 0 Å². The van der Waals surface area contributed by atoms with E-state index in [4.69, 9.17) is 0 Å². The highest BCUT2D eigenvalue weighted by Gasteiger charge is 2.16. The van der Waals surface area contributed by atoms with Gasteiger partial charge in [0.25, 0.3) is 0 Å². The highest BCUT2D eigenvalue weighted by molar-refractivity contribution is 9.28. The molecule has 0 radical (unpaired) electrons. The molecule has 2 unspecified atom stereocenters. The minimum atomic E-state index is 0.852. The third-order valence-corrected chi connectivity index (χ3v) is 3.60. The fourth-order valence-corrected chi connectivity index (χ4v) is 2.45. The summed E-state index contributed by atoms with van der Waals surface area (Å²) < 4.78 is 1.09. The summed E-state index contributed by atoms with van der Waals surface area (Å²) in [6.07, 6.45) is 8.74. The van der Waals surface area contributed by atoms with E-state index in [9.17, 15) is 0 Å². The second-order valence-electron chi connectivity index (χ2n) is 3.85. The van der Waals surface area contributed by atoms with E-state index in [0.717, 1.165) is 15.2 Å². The van der Waals surface area contributed by atoms with Gasteiger partial charge in [-0.1, -0.05) is 52.5 Å². The highest BCUT2D eigenvalue weighted by atomic mass is 79.9. The van der Waals surface area contributed by atoms with Crippen molar-refractivity contribution in [2.75, 3.05) is 0 Å². The second-order valence-corrected chi connectivity index (χ2v) is 6.63. The zero-order valence-electron chi connectivity index (χ0n) is 9.52. The number of halogens is 2. The lowest BCUT2D eigenvalue weighted by molar-refractivity contribution is 0.294. The van der Waals surface area contributed by atoms with E-state index in [1.165, 1.54) is 32.1 Å². The summed E-state index contributed by atoms with van der Waals surface area (Å²) in [5, 5.41) is 0. The van der Waals surface area contributed by atoms with Crippen LogP contribution in [0.15, 0.2) is 9.47 Å². The van der Waals surface area contributed by atoms with E-state index in [-0.39, 0.29) is 0 Å². The van der Waals surface area contributed by atoms with Crippen molar-refractivity contribution in [2.45, 2.75) is 52.9 Å². The molecule has 0 N–H and O–H groups in total. The predicted molar refractivity (Wildman–Crippen MR) is 73.0 cm³/mol. The summed E-state index contributed by atoms with van der Waals surface area (Å²) in [6.45, 7) is 6.90. The molecule has 0 bridgehead atoms. The van der Waals surface area contributed by atoms with Crippen LogP contribution < -0.4 is 0 Å². The minimum Gasteiger partial charge on any atom is -0.0654 e. The molecule has 2 heteroatoms. The van der Waals surface area contributed by atoms with Gasteiger partial charge in [-0.15, -0.1) is 0 Å². The van der Waals surface area contributed by atoms with E-state index in [2.05, 4.69) is 58.7 Å². The molecule has 0 spiro atoms. The van der Waals surface area contributed by atoms with Gasteiger partial charge in [0.15, 0.2) is 0 Å². The van der Waals surface area contributed by atoms with Gasteiger partial charge in [0.1, 0.15) is 0 Å². The van der Waals surface area contributed by atoms with Crippen molar-refractivity contribution in [3.8, 4) is 0 Å². The molecule has 0 aromatic rings. The highest BCUT2D eigenvalue weighted by Crippen LogP contribution is 2.28. The third-order valence-electron chi connectivity index (χ3n) is 2.95. The molecule has 0 nitrogen and oxygen atoms in total. The Morgan fingerprint density at radius 1 is 1.07 bits per heavy atom. The van der Waals surface area contributed by atoms with Gasteiger partial charge >= 0.3 is 0 Å². The monoisotopic (exact) mass is 324 g/mol. The first kappa shape index (κ1) is 14.7. The van der Waals surface area contributed by atoms with E-state index < -0.39 is 0 Å². The van der Waals surface area contributed by atoms with Crippen molar-refractivity contribution in [3.05, 3.63) is 9.47 Å². The predicted octanol–water partition coefficient (Wildman–Crippen LogP) is 5.86. The van der Waals surface area contributed by atoms with Gasteiger partial charge in [-0.25, -0.2) is 0 Å². The van der Waals surface area contributed by atoms with E-state index in [0.29, 0.717) is 0 Å². The normalized spacial score (nSPS) is 14.9. The van der Waals surface area contributed by atoms with Gasteiger partial charge in [0.05, 0.1) is 3.39 Å². The lowest BCUT2D eigenvalue weighted by Crippen LogP contribution is -2.12. The number of allylic oxidation sites excluding steroid dienone is 1. The zero-order valence-corrected chi connectivity index (χ0v) is 12.7. The van der Waals surface area contributed by atoms with Crippen LogP contribution in [0.1, 0.15) is 52.9 Å². The number of hydrogen-bond acceptors (Lipinski definition) is 0. The molecule has 0 fully saturated rings. The average molecular weight is 326 g/mol. The lowest BCUT2D eigenvalue weighted by atomic mass is 9.82. The summed E-state index contributed by atoms with van der Waals surface area (Å²) in [7, 11) is 0. The van der Waals surface area contributed by atoms with Crippen molar-refractivity contribution < 1.29 is 0 Å². The molecule has 0 saturated carbocycles. The van der Waals surface area contributed by atoms with Crippen LogP contribution in [0.5, 0.6) is 0 Å². The summed E-state index contributed by atoms with van der Waals surface area (Å²) in [5.74, 6) is 1.76. The Bertz CT molecular complexity index is 160. The van der Waals surface area contributed by atoms with Crippen LogP contribution in [-0.2, 0) is 0 Å². The molecule has 0 rings (SSSR count). The van der Waals surface area contributed by atoms with Gasteiger partial charge < -0.3 is 0 Å². The van der Waals surface area contributed by atoms with E-state index >= 15 is 0 Å². The van der Waals surface area contributed by atoms with Crippen molar-refractivity contribution in [2.24, 2.45) is 11.8 Å². The summed E-state index contributed by atoms with van der Waals surface area (Å²) >= 11 is 6.84. The van der Waals surface area contributed by atoms with Crippen LogP contribution in [-0.4, -0.2) is 0 Å². The van der Waals surface area contributed by atoms with Crippen molar-refractivity contribution >= 4 is 31.9 Å². The Morgan fingerprint density at radius 3 is 2.00 bits per heavy atom. The zero-order chi connectivity index (χ0) is 11.0. The van der Waals surface area contributed by atoms with Gasteiger partial charge in [-0.2, -0.15) is 0 Å². The molecule has 0 aromatic heterocycles. The molecular formula is C12H22Br2. The SMILES string of the molecule is CCCC(CC)C(CC)CC=C(Br)Br. The number of hydrogen-bond donors (Lipinski definition) is 0. The first-order valence-corrected chi connectivity index (χ1v) is 7.25. The smallest absolute Gasteiger partial charge is 0.0564 e. The van der Waals surface area contributed by atoms with Gasteiger partial charge in [0, 0.05) is 0 Å². The maximum Gasteiger partial charge on any atom is 0.0564 e. The maximum atomic E-state index is 3.42. The molecule has 2 atom stereocenters. The van der Waals surface area contributed by atoms with Crippen LogP contribution in [0, 0.1) is 11.8 Å². The third kappa shape index (κ3) is 6.23. The van der Waals surface area contributed by atoms with Gasteiger partial charge in [-0.3, -0.25) is 0 Å². The van der Waals surface area contributed by atoms with Crippen LogP contribution in [0.25, 0.3) is 0 Å². The number of rotatable bonds is 7. The average Bonchev–Trinajstić information content (AvgIpc) is 2.16. The molecule has 0 amide bonds. The first-order valence-electron chi connectivity index (χ1n) is 5.66.